The Bertz CT molecular complexity index is 2130. The van der Waals surface area contributed by atoms with Crippen LogP contribution in [0.4, 0.5) is 0 Å². The molecule has 174 valence electrons. The standard InChI is InChI=1S/C37H26/c1-2-12-29(13-3-1)37-33-17-7-5-14-30(33)25-36(34-18-8-9-19-35(34)37)28-23-21-27(22-24-28)32-20-10-15-26-11-4-6-16-31(26)32/h1-24H,25H2/i1D,2D,3D,12D,13D. The van der Waals surface area contributed by atoms with Gasteiger partial charge in [0.15, 0.2) is 0 Å². The van der Waals surface area contributed by atoms with Crippen molar-refractivity contribution in [3.8, 4) is 11.1 Å². The molecule has 0 radical (unpaired) electrons. The van der Waals surface area contributed by atoms with Crippen LogP contribution in [-0.4, -0.2) is 0 Å². The monoisotopic (exact) mass is 475 g/mol. The lowest BCUT2D eigenvalue weighted by molar-refractivity contribution is 1.25. The second kappa shape index (κ2) is 9.08. The van der Waals surface area contributed by atoms with Crippen LogP contribution in [0.5, 0.6) is 0 Å². The molecular formula is C37H26. The Morgan fingerprint density at radius 2 is 1.14 bits per heavy atom. The Morgan fingerprint density at radius 3 is 2.00 bits per heavy atom. The van der Waals surface area contributed by atoms with Crippen LogP contribution in [0.3, 0.4) is 0 Å². The van der Waals surface area contributed by atoms with Gasteiger partial charge in [-0.2, -0.15) is 0 Å². The van der Waals surface area contributed by atoms with Crippen LogP contribution < -0.4 is 10.4 Å². The summed E-state index contributed by atoms with van der Waals surface area (Å²) in [7, 11) is 0. The van der Waals surface area contributed by atoms with E-state index in [0.717, 1.165) is 38.3 Å². The first kappa shape index (κ1) is 16.9. The molecule has 1 aliphatic carbocycles. The van der Waals surface area contributed by atoms with Crippen LogP contribution in [0, 0.1) is 0 Å². The quantitative estimate of drug-likeness (QED) is 0.248. The van der Waals surface area contributed by atoms with Crippen molar-refractivity contribution in [2.24, 2.45) is 0 Å². The summed E-state index contributed by atoms with van der Waals surface area (Å²) in [5.41, 5.74) is 7.37. The van der Waals surface area contributed by atoms with Crippen LogP contribution in [0.15, 0.2) is 145 Å². The third-order valence-corrected chi connectivity index (χ3v) is 7.26. The molecule has 1 aliphatic rings. The van der Waals surface area contributed by atoms with E-state index in [1.807, 2.05) is 36.4 Å². The molecule has 0 bridgehead atoms. The Hall–Kier alpha value is -4.68. The van der Waals surface area contributed by atoms with Gasteiger partial charge < -0.3 is 0 Å². The number of hydrogen-bond donors (Lipinski definition) is 0. The van der Waals surface area contributed by atoms with Gasteiger partial charge in [-0.3, -0.25) is 0 Å². The summed E-state index contributed by atoms with van der Waals surface area (Å²) in [5.74, 6) is 0. The second-order valence-corrected chi connectivity index (χ2v) is 9.34. The first-order valence-corrected chi connectivity index (χ1v) is 12.5. The molecule has 0 aliphatic heterocycles. The molecule has 0 spiro atoms. The number of fused-ring (bicyclic) bond motifs is 3. The predicted octanol–water partition coefficient (Wildman–Crippen LogP) is 7.51. The van der Waals surface area contributed by atoms with E-state index >= 15 is 0 Å². The molecule has 37 heavy (non-hydrogen) atoms. The molecule has 0 saturated heterocycles. The Labute approximate surface area is 224 Å². The van der Waals surface area contributed by atoms with Crippen LogP contribution in [-0.2, 0) is 6.42 Å². The molecule has 0 heteroatoms. The number of benzene rings is 6. The maximum absolute atomic E-state index is 8.80. The lowest BCUT2D eigenvalue weighted by Gasteiger charge is -2.13. The van der Waals surface area contributed by atoms with E-state index in [9.17, 15) is 0 Å². The lowest BCUT2D eigenvalue weighted by atomic mass is 9.91. The van der Waals surface area contributed by atoms with Gasteiger partial charge in [-0.15, -0.1) is 0 Å². The van der Waals surface area contributed by atoms with E-state index in [1.54, 1.807) is 0 Å². The minimum Gasteiger partial charge on any atom is -0.0622 e. The molecule has 0 amide bonds. The molecule has 0 heterocycles. The molecule has 0 atom stereocenters. The molecule has 0 fully saturated rings. The van der Waals surface area contributed by atoms with Gasteiger partial charge in [0.2, 0.25) is 0 Å². The summed E-state index contributed by atoms with van der Waals surface area (Å²) in [6.45, 7) is 0. The molecule has 0 saturated carbocycles. The van der Waals surface area contributed by atoms with Gasteiger partial charge in [0.25, 0.3) is 0 Å². The molecule has 6 aromatic carbocycles. The maximum Gasteiger partial charge on any atom is 0.0629 e. The van der Waals surface area contributed by atoms with Gasteiger partial charge in [-0.05, 0) is 72.2 Å². The second-order valence-electron chi connectivity index (χ2n) is 9.34. The van der Waals surface area contributed by atoms with Gasteiger partial charge >= 0.3 is 0 Å². The number of hydrogen-bond acceptors (Lipinski definition) is 0. The van der Waals surface area contributed by atoms with E-state index in [-0.39, 0.29) is 35.8 Å². The van der Waals surface area contributed by atoms with Crippen LogP contribution in [0.25, 0.3) is 33.0 Å². The van der Waals surface area contributed by atoms with Crippen molar-refractivity contribution >= 4 is 21.9 Å². The van der Waals surface area contributed by atoms with Crippen LogP contribution in [0.1, 0.15) is 29.1 Å². The van der Waals surface area contributed by atoms with Gasteiger partial charge in [-0.25, -0.2) is 0 Å². The highest BCUT2D eigenvalue weighted by Crippen LogP contribution is 2.32. The zero-order valence-corrected chi connectivity index (χ0v) is 20.2. The fourth-order valence-electron chi connectivity index (χ4n) is 5.54. The molecule has 6 aromatic rings. The summed E-state index contributed by atoms with van der Waals surface area (Å²) >= 11 is 0. The highest BCUT2D eigenvalue weighted by atomic mass is 14.2. The van der Waals surface area contributed by atoms with E-state index in [2.05, 4.69) is 78.9 Å². The normalized spacial score (nSPS) is 14.5. The van der Waals surface area contributed by atoms with Crippen LogP contribution >= 0.6 is 0 Å². The summed E-state index contributed by atoms with van der Waals surface area (Å²) in [6.07, 6.45) is 0.642. The van der Waals surface area contributed by atoms with Crippen molar-refractivity contribution in [2.75, 3.05) is 0 Å². The molecule has 0 unspecified atom stereocenters. The molecule has 0 aromatic heterocycles. The zero-order chi connectivity index (χ0) is 29.0. The van der Waals surface area contributed by atoms with E-state index in [0.29, 0.717) is 12.0 Å². The third kappa shape index (κ3) is 3.79. The summed E-state index contributed by atoms with van der Waals surface area (Å²) in [6, 6.07) is 38.1. The van der Waals surface area contributed by atoms with Crippen molar-refractivity contribution in [1.29, 1.82) is 0 Å². The van der Waals surface area contributed by atoms with Gasteiger partial charge in [0.1, 0.15) is 0 Å². The largest absolute Gasteiger partial charge is 0.0629 e. The first-order valence-electron chi connectivity index (χ1n) is 15.0. The predicted molar refractivity (Wildman–Crippen MR) is 156 cm³/mol. The summed E-state index contributed by atoms with van der Waals surface area (Å²) in [4.78, 5) is 0. The minimum atomic E-state index is -0.386. The van der Waals surface area contributed by atoms with Crippen LogP contribution in [0.2, 0.25) is 0 Å². The molecule has 0 nitrogen and oxygen atoms in total. The molecule has 0 N–H and O–H groups in total. The topological polar surface area (TPSA) is 0 Å². The summed E-state index contributed by atoms with van der Waals surface area (Å²) < 4.78 is 42.5. The fraction of sp³-hybridized carbons (Fsp3) is 0.0270. The Balaban J connectivity index is 1.51. The SMILES string of the molecule is [2H]c1c([2H])c([2H])c(C2=c3ccccc3=C(c3ccc(-c4cccc5ccccc45)cc3)Cc3ccccc32)c([2H])c1[2H]. The van der Waals surface area contributed by atoms with Gasteiger partial charge in [-0.1, -0.05) is 145 Å². The van der Waals surface area contributed by atoms with Crippen molar-refractivity contribution in [1.82, 2.24) is 0 Å². The zero-order valence-electron chi connectivity index (χ0n) is 25.2. The summed E-state index contributed by atoms with van der Waals surface area (Å²) in [5, 5.41) is 4.27. The average molecular weight is 476 g/mol. The first-order chi connectivity index (χ1) is 20.4. The van der Waals surface area contributed by atoms with E-state index < -0.39 is 0 Å². The van der Waals surface area contributed by atoms with Crippen molar-refractivity contribution in [2.45, 2.75) is 6.42 Å². The molecule has 7 rings (SSSR count). The minimum absolute atomic E-state index is 0.191. The van der Waals surface area contributed by atoms with E-state index in [4.69, 9.17) is 6.85 Å². The fourth-order valence-corrected chi connectivity index (χ4v) is 5.54. The van der Waals surface area contributed by atoms with Crippen molar-refractivity contribution in [3.05, 3.63) is 178 Å². The maximum atomic E-state index is 8.80. The molecular weight excluding hydrogens is 444 g/mol. The van der Waals surface area contributed by atoms with Gasteiger partial charge in [0.05, 0.1) is 6.85 Å². The number of rotatable bonds is 3. The average Bonchev–Trinajstić information content (AvgIpc) is 3.18. The Kier molecular flexibility index (Phi) is 4.14. The van der Waals surface area contributed by atoms with E-state index in [1.165, 1.54) is 16.3 Å². The Morgan fingerprint density at radius 1 is 0.486 bits per heavy atom. The van der Waals surface area contributed by atoms with Crippen molar-refractivity contribution in [3.63, 3.8) is 0 Å². The highest BCUT2D eigenvalue weighted by molar-refractivity contribution is 5.96. The lowest BCUT2D eigenvalue weighted by Crippen LogP contribution is -2.29. The smallest absolute Gasteiger partial charge is 0.0622 e. The van der Waals surface area contributed by atoms with Crippen molar-refractivity contribution < 1.29 is 6.85 Å². The van der Waals surface area contributed by atoms with Gasteiger partial charge in [0, 0.05) is 0 Å². The third-order valence-electron chi connectivity index (χ3n) is 7.26. The highest BCUT2D eigenvalue weighted by Gasteiger charge is 2.18.